The molecule has 2 rings (SSSR count). The summed E-state index contributed by atoms with van der Waals surface area (Å²) < 4.78 is 0. The zero-order valence-electron chi connectivity index (χ0n) is 10.4. The predicted octanol–water partition coefficient (Wildman–Crippen LogP) is 2.76. The molecule has 4 nitrogen and oxygen atoms in total. The summed E-state index contributed by atoms with van der Waals surface area (Å²) in [5, 5.41) is 9.50. The van der Waals surface area contributed by atoms with E-state index in [9.17, 15) is 4.79 Å². The first-order chi connectivity index (χ1) is 8.65. The molecular formula is C13H15N3OS. The average molecular weight is 261 g/mol. The zero-order chi connectivity index (χ0) is 13.0. The first-order valence-corrected chi connectivity index (χ1v) is 6.64. The molecule has 0 bridgehead atoms. The molecule has 5 heteroatoms. The number of anilines is 1. The molecule has 0 aliphatic carbocycles. The van der Waals surface area contributed by atoms with Gasteiger partial charge in [-0.05, 0) is 25.5 Å². The highest BCUT2D eigenvalue weighted by atomic mass is 32.2. The van der Waals surface area contributed by atoms with Crippen molar-refractivity contribution < 1.29 is 4.79 Å². The fourth-order valence-electron chi connectivity index (χ4n) is 1.52. The maximum Gasteiger partial charge on any atom is 0.235 e. The molecule has 0 aliphatic heterocycles. The molecule has 0 aliphatic rings. The van der Waals surface area contributed by atoms with Gasteiger partial charge in [0.05, 0.1) is 5.75 Å². The van der Waals surface area contributed by atoms with Crippen LogP contribution in [0, 0.1) is 13.8 Å². The van der Waals surface area contributed by atoms with Crippen LogP contribution in [-0.4, -0.2) is 21.9 Å². The van der Waals surface area contributed by atoms with E-state index in [0.29, 0.717) is 11.6 Å². The molecule has 1 heterocycles. The summed E-state index contributed by atoms with van der Waals surface area (Å²) >= 11 is 1.53. The van der Waals surface area contributed by atoms with Gasteiger partial charge in [0, 0.05) is 16.7 Å². The van der Waals surface area contributed by atoms with E-state index in [-0.39, 0.29) is 5.91 Å². The largest absolute Gasteiger partial charge is 0.308 e. The van der Waals surface area contributed by atoms with Crippen molar-refractivity contribution in [2.75, 3.05) is 11.1 Å². The van der Waals surface area contributed by atoms with E-state index in [2.05, 4.69) is 15.5 Å². The minimum absolute atomic E-state index is 0.0465. The van der Waals surface area contributed by atoms with Crippen LogP contribution in [0.5, 0.6) is 0 Å². The summed E-state index contributed by atoms with van der Waals surface area (Å²) in [6.45, 7) is 3.93. The Morgan fingerprint density at radius 3 is 2.83 bits per heavy atom. The lowest BCUT2D eigenvalue weighted by molar-refractivity contribution is -0.113. The van der Waals surface area contributed by atoms with Gasteiger partial charge in [-0.15, -0.1) is 11.8 Å². The molecule has 0 radical (unpaired) electrons. The Labute approximate surface area is 110 Å². The van der Waals surface area contributed by atoms with Crippen molar-refractivity contribution in [3.05, 3.63) is 41.6 Å². The third-order valence-electron chi connectivity index (χ3n) is 2.43. The fourth-order valence-corrected chi connectivity index (χ4v) is 2.35. The molecular weight excluding hydrogens is 246 g/mol. The number of aromatic nitrogens is 2. The van der Waals surface area contributed by atoms with Crippen molar-refractivity contribution in [3.63, 3.8) is 0 Å². The number of thioether (sulfide) groups is 1. The zero-order valence-corrected chi connectivity index (χ0v) is 11.2. The first-order valence-electron chi connectivity index (χ1n) is 5.65. The van der Waals surface area contributed by atoms with E-state index < -0.39 is 0 Å². The van der Waals surface area contributed by atoms with Gasteiger partial charge >= 0.3 is 0 Å². The summed E-state index contributed by atoms with van der Waals surface area (Å²) in [4.78, 5) is 12.9. The highest BCUT2D eigenvalue weighted by Gasteiger charge is 2.06. The molecule has 18 heavy (non-hydrogen) atoms. The second-order valence-corrected chi connectivity index (χ2v) is 5.06. The minimum Gasteiger partial charge on any atom is -0.308 e. The van der Waals surface area contributed by atoms with E-state index >= 15 is 0 Å². The van der Waals surface area contributed by atoms with E-state index in [1.165, 1.54) is 17.3 Å². The Morgan fingerprint density at radius 2 is 2.17 bits per heavy atom. The molecule has 0 spiro atoms. The Bertz CT molecular complexity index is 551. The molecule has 1 aromatic carbocycles. The Balaban J connectivity index is 1.87. The van der Waals surface area contributed by atoms with E-state index in [4.69, 9.17) is 0 Å². The number of nitrogens with zero attached hydrogens (tertiary/aromatic N) is 1. The summed E-state index contributed by atoms with van der Waals surface area (Å²) in [6.07, 6.45) is 0. The predicted molar refractivity (Wildman–Crippen MR) is 73.9 cm³/mol. The standard InChI is InChI=1S/C13H15N3OS/c1-9-5-3-4-6-11(9)18-8-13(17)14-12-7-10(2)15-16-12/h3-7H,8H2,1-2H3,(H2,14,15,16,17). The number of H-pyrrole nitrogens is 1. The summed E-state index contributed by atoms with van der Waals surface area (Å²) in [5.74, 6) is 0.911. The molecule has 0 saturated heterocycles. The van der Waals surface area contributed by atoms with Crippen LogP contribution < -0.4 is 5.32 Å². The van der Waals surface area contributed by atoms with Crippen LogP contribution in [0.25, 0.3) is 0 Å². The van der Waals surface area contributed by atoms with Gasteiger partial charge in [-0.3, -0.25) is 9.89 Å². The van der Waals surface area contributed by atoms with Crippen molar-refractivity contribution in [2.24, 2.45) is 0 Å². The van der Waals surface area contributed by atoms with Crippen LogP contribution >= 0.6 is 11.8 Å². The number of amides is 1. The van der Waals surface area contributed by atoms with Crippen molar-refractivity contribution in [2.45, 2.75) is 18.7 Å². The SMILES string of the molecule is Cc1cc(NC(=O)CSc2ccccc2C)n[nH]1. The van der Waals surface area contributed by atoms with Crippen molar-refractivity contribution >= 4 is 23.5 Å². The Hall–Kier alpha value is -1.75. The third kappa shape index (κ3) is 3.37. The molecule has 1 aromatic heterocycles. The maximum atomic E-state index is 11.7. The average Bonchev–Trinajstić information content (AvgIpc) is 2.74. The number of carbonyl (C=O) groups excluding carboxylic acids is 1. The fraction of sp³-hybridized carbons (Fsp3) is 0.231. The molecule has 2 N–H and O–H groups in total. The topological polar surface area (TPSA) is 57.8 Å². The third-order valence-corrected chi connectivity index (χ3v) is 3.60. The van der Waals surface area contributed by atoms with Gasteiger partial charge in [0.25, 0.3) is 0 Å². The number of hydrogen-bond donors (Lipinski definition) is 2. The van der Waals surface area contributed by atoms with Crippen LogP contribution in [0.15, 0.2) is 35.2 Å². The summed E-state index contributed by atoms with van der Waals surface area (Å²) in [5.41, 5.74) is 2.11. The number of carbonyl (C=O) groups is 1. The van der Waals surface area contributed by atoms with E-state index in [0.717, 1.165) is 10.6 Å². The first kappa shape index (κ1) is 12.7. The molecule has 2 aromatic rings. The van der Waals surface area contributed by atoms with E-state index in [1.54, 1.807) is 6.07 Å². The number of nitrogens with one attached hydrogen (secondary N) is 2. The highest BCUT2D eigenvalue weighted by Crippen LogP contribution is 2.21. The van der Waals surface area contributed by atoms with Gasteiger partial charge < -0.3 is 5.32 Å². The molecule has 0 saturated carbocycles. The lowest BCUT2D eigenvalue weighted by Crippen LogP contribution is -2.14. The van der Waals surface area contributed by atoms with Crippen molar-refractivity contribution in [1.82, 2.24) is 10.2 Å². The molecule has 1 amide bonds. The maximum absolute atomic E-state index is 11.7. The van der Waals surface area contributed by atoms with Crippen LogP contribution in [0.3, 0.4) is 0 Å². The van der Waals surface area contributed by atoms with E-state index in [1.807, 2.05) is 38.1 Å². The molecule has 0 fully saturated rings. The Morgan fingerprint density at radius 1 is 1.39 bits per heavy atom. The number of rotatable bonds is 4. The van der Waals surface area contributed by atoms with Crippen molar-refractivity contribution in [3.8, 4) is 0 Å². The lowest BCUT2D eigenvalue weighted by Gasteiger charge is -2.04. The van der Waals surface area contributed by atoms with Crippen LogP contribution in [-0.2, 0) is 4.79 Å². The summed E-state index contributed by atoms with van der Waals surface area (Å²) in [7, 11) is 0. The smallest absolute Gasteiger partial charge is 0.235 e. The normalized spacial score (nSPS) is 10.3. The van der Waals surface area contributed by atoms with Crippen molar-refractivity contribution in [1.29, 1.82) is 0 Å². The second kappa shape index (κ2) is 5.73. The molecule has 0 unspecified atom stereocenters. The number of hydrogen-bond acceptors (Lipinski definition) is 3. The minimum atomic E-state index is -0.0465. The van der Waals surface area contributed by atoms with Gasteiger partial charge in [-0.25, -0.2) is 0 Å². The monoisotopic (exact) mass is 261 g/mol. The van der Waals surface area contributed by atoms with Gasteiger partial charge in [-0.1, -0.05) is 18.2 Å². The van der Waals surface area contributed by atoms with Crippen LogP contribution in [0.2, 0.25) is 0 Å². The quantitative estimate of drug-likeness (QED) is 0.832. The second-order valence-electron chi connectivity index (χ2n) is 4.04. The van der Waals surface area contributed by atoms with Crippen LogP contribution in [0.4, 0.5) is 5.82 Å². The summed E-state index contributed by atoms with van der Waals surface area (Å²) in [6, 6.07) is 9.83. The van der Waals surface area contributed by atoms with Crippen LogP contribution in [0.1, 0.15) is 11.3 Å². The number of benzene rings is 1. The Kier molecular flexibility index (Phi) is 4.04. The van der Waals surface area contributed by atoms with Gasteiger partial charge in [0.2, 0.25) is 5.91 Å². The van der Waals surface area contributed by atoms with Gasteiger partial charge in [-0.2, -0.15) is 5.10 Å². The highest BCUT2D eigenvalue weighted by molar-refractivity contribution is 8.00. The number of aryl methyl sites for hydroxylation is 2. The van der Waals surface area contributed by atoms with Gasteiger partial charge in [0.1, 0.15) is 0 Å². The van der Waals surface area contributed by atoms with Gasteiger partial charge in [0.15, 0.2) is 5.82 Å². The lowest BCUT2D eigenvalue weighted by atomic mass is 10.2. The molecule has 0 atom stereocenters. The molecule has 94 valence electrons. The number of aromatic amines is 1.